The van der Waals surface area contributed by atoms with Crippen LogP contribution in [0.2, 0.25) is 0 Å². The lowest BCUT2D eigenvalue weighted by atomic mass is 10.1. The fraction of sp³-hybridized carbons (Fsp3) is 1.00. The number of hydrogen-bond acceptors (Lipinski definition) is 1. The Kier molecular flexibility index (Phi) is 3.01. The van der Waals surface area contributed by atoms with Gasteiger partial charge in [0.2, 0.25) is 0 Å². The Balaban J connectivity index is 2.18. The number of nitrogens with one attached hydrogen (secondary N) is 1. The molecule has 1 unspecified atom stereocenters. The maximum absolute atomic E-state index is 10.4. The number of hydrogen-bond donors (Lipinski definition) is 1. The summed E-state index contributed by atoms with van der Waals surface area (Å²) < 4.78 is 0. The van der Waals surface area contributed by atoms with Gasteiger partial charge in [-0.3, -0.25) is 0 Å². The first-order chi connectivity index (χ1) is 4.43. The van der Waals surface area contributed by atoms with Crippen LogP contribution in [-0.2, 0) is 5.11 Å². The molecule has 0 amide bonds. The van der Waals surface area contributed by atoms with E-state index in [1.807, 2.05) is 0 Å². The second-order valence-electron chi connectivity index (χ2n) is 2.73. The van der Waals surface area contributed by atoms with E-state index in [1.54, 1.807) is 0 Å². The van der Waals surface area contributed by atoms with Crippen LogP contribution in [0.1, 0.15) is 19.3 Å². The summed E-state index contributed by atoms with van der Waals surface area (Å²) in [5.41, 5.74) is 0. The van der Waals surface area contributed by atoms with Crippen LogP contribution in [0, 0.1) is 5.92 Å². The lowest BCUT2D eigenvalue weighted by Crippen LogP contribution is -2.22. The topological polar surface area (TPSA) is 31.9 Å². The van der Waals surface area contributed by atoms with E-state index in [1.165, 1.54) is 12.8 Å². The van der Waals surface area contributed by atoms with Crippen molar-refractivity contribution in [2.24, 2.45) is 5.92 Å². The monoisotopic (exact) mass is 128 g/mol. The summed E-state index contributed by atoms with van der Waals surface area (Å²) in [5, 5.41) is 13.6. The molecule has 1 saturated heterocycles. The summed E-state index contributed by atoms with van der Waals surface area (Å²) in [5.74, 6) is 0.410. The largest absolute Gasteiger partial charge is 0.316 e. The van der Waals surface area contributed by atoms with E-state index in [4.69, 9.17) is 0 Å². The van der Waals surface area contributed by atoms with Gasteiger partial charge in [0.15, 0.2) is 0 Å². The molecule has 1 aliphatic heterocycles. The van der Waals surface area contributed by atoms with Crippen molar-refractivity contribution in [3.63, 3.8) is 0 Å². The first kappa shape index (κ1) is 7.03. The van der Waals surface area contributed by atoms with Gasteiger partial charge in [-0.1, -0.05) is 6.42 Å². The molecule has 0 aliphatic carbocycles. The minimum absolute atomic E-state index is 0.104. The van der Waals surface area contributed by atoms with Crippen molar-refractivity contribution >= 4 is 0 Å². The predicted octanol–water partition coefficient (Wildman–Crippen LogP) is 0.807. The molecule has 2 nitrogen and oxygen atoms in total. The molecule has 2 heteroatoms. The second-order valence-corrected chi connectivity index (χ2v) is 2.73. The maximum atomic E-state index is 10.4. The molecule has 1 N–H and O–H groups in total. The van der Waals surface area contributed by atoms with Gasteiger partial charge in [0.25, 0.3) is 0 Å². The van der Waals surface area contributed by atoms with Gasteiger partial charge in [-0.25, -0.2) is 5.11 Å². The second kappa shape index (κ2) is 3.85. The molecule has 0 aromatic carbocycles. The number of rotatable bonds is 1. The van der Waals surface area contributed by atoms with Gasteiger partial charge >= 0.3 is 0 Å². The normalized spacial score (nSPS) is 29.7. The zero-order chi connectivity index (χ0) is 6.53. The van der Waals surface area contributed by atoms with Crippen molar-refractivity contribution in [3.05, 3.63) is 0 Å². The van der Waals surface area contributed by atoms with Crippen LogP contribution in [-0.4, -0.2) is 19.7 Å². The highest BCUT2D eigenvalue weighted by molar-refractivity contribution is 4.65. The molecule has 9 heavy (non-hydrogen) atoms. The molecule has 0 bridgehead atoms. The Morgan fingerprint density at radius 3 is 3.11 bits per heavy atom. The standard InChI is InChI=1S/C7H14NO/c9-6-7-3-1-2-4-8-5-7/h7-8H,1-6H2. The van der Waals surface area contributed by atoms with Crippen LogP contribution in [0.15, 0.2) is 0 Å². The van der Waals surface area contributed by atoms with E-state index in [0.29, 0.717) is 5.92 Å². The molecule has 1 heterocycles. The third kappa shape index (κ3) is 2.33. The van der Waals surface area contributed by atoms with Gasteiger partial charge in [0.1, 0.15) is 0 Å². The minimum Gasteiger partial charge on any atom is -0.316 e. The smallest absolute Gasteiger partial charge is 0.0862 e. The highest BCUT2D eigenvalue weighted by atomic mass is 16.3. The van der Waals surface area contributed by atoms with E-state index >= 15 is 0 Å². The van der Waals surface area contributed by atoms with Crippen LogP contribution in [0.4, 0.5) is 0 Å². The van der Waals surface area contributed by atoms with E-state index in [-0.39, 0.29) is 6.61 Å². The highest BCUT2D eigenvalue weighted by Crippen LogP contribution is 2.09. The minimum atomic E-state index is 0.104. The quantitative estimate of drug-likeness (QED) is 0.556. The zero-order valence-electron chi connectivity index (χ0n) is 5.73. The Morgan fingerprint density at radius 2 is 2.33 bits per heavy atom. The Labute approximate surface area is 56.3 Å². The van der Waals surface area contributed by atoms with E-state index < -0.39 is 0 Å². The first-order valence-corrected chi connectivity index (χ1v) is 3.72. The average Bonchev–Trinajstić information content (AvgIpc) is 2.13. The predicted molar refractivity (Wildman–Crippen MR) is 35.8 cm³/mol. The van der Waals surface area contributed by atoms with E-state index in [9.17, 15) is 5.11 Å². The lowest BCUT2D eigenvalue weighted by molar-refractivity contribution is 0.140. The molecule has 0 spiro atoms. The van der Waals surface area contributed by atoms with E-state index in [2.05, 4.69) is 5.32 Å². The Morgan fingerprint density at radius 1 is 1.44 bits per heavy atom. The average molecular weight is 128 g/mol. The first-order valence-electron chi connectivity index (χ1n) is 3.72. The van der Waals surface area contributed by atoms with Crippen LogP contribution < -0.4 is 5.32 Å². The molecule has 0 aromatic rings. The van der Waals surface area contributed by atoms with Gasteiger partial charge in [0.05, 0.1) is 6.61 Å². The Hall–Kier alpha value is -0.0800. The summed E-state index contributed by atoms with van der Waals surface area (Å²) in [6.45, 7) is 2.16. The zero-order valence-corrected chi connectivity index (χ0v) is 5.73. The molecule has 0 saturated carbocycles. The lowest BCUT2D eigenvalue weighted by Gasteiger charge is -2.07. The fourth-order valence-electron chi connectivity index (χ4n) is 1.23. The molecule has 1 atom stereocenters. The summed E-state index contributed by atoms with van der Waals surface area (Å²) in [7, 11) is 0. The van der Waals surface area contributed by atoms with Crippen LogP contribution in [0.5, 0.6) is 0 Å². The van der Waals surface area contributed by atoms with Gasteiger partial charge in [-0.15, -0.1) is 0 Å². The van der Waals surface area contributed by atoms with Crippen molar-refractivity contribution < 1.29 is 5.11 Å². The highest BCUT2D eigenvalue weighted by Gasteiger charge is 2.09. The van der Waals surface area contributed by atoms with Crippen molar-refractivity contribution in [2.45, 2.75) is 19.3 Å². The molecular formula is C7H14NO. The van der Waals surface area contributed by atoms with Crippen molar-refractivity contribution in [2.75, 3.05) is 19.7 Å². The summed E-state index contributed by atoms with van der Waals surface area (Å²) >= 11 is 0. The van der Waals surface area contributed by atoms with Gasteiger partial charge in [-0.2, -0.15) is 0 Å². The molecular weight excluding hydrogens is 114 g/mol. The maximum Gasteiger partial charge on any atom is 0.0862 e. The van der Waals surface area contributed by atoms with E-state index in [0.717, 1.165) is 19.5 Å². The van der Waals surface area contributed by atoms with Crippen LogP contribution in [0.3, 0.4) is 0 Å². The fourth-order valence-corrected chi connectivity index (χ4v) is 1.23. The summed E-state index contributed by atoms with van der Waals surface area (Å²) in [6, 6.07) is 0. The third-order valence-electron chi connectivity index (χ3n) is 1.88. The Bertz CT molecular complexity index is 67.3. The molecule has 0 aromatic heterocycles. The van der Waals surface area contributed by atoms with Gasteiger partial charge < -0.3 is 5.32 Å². The molecule has 1 rings (SSSR count). The molecule has 1 fully saturated rings. The summed E-state index contributed by atoms with van der Waals surface area (Å²) in [4.78, 5) is 0. The van der Waals surface area contributed by atoms with Gasteiger partial charge in [0, 0.05) is 6.54 Å². The van der Waals surface area contributed by atoms with Crippen molar-refractivity contribution in [1.82, 2.24) is 5.32 Å². The van der Waals surface area contributed by atoms with Gasteiger partial charge in [-0.05, 0) is 25.3 Å². The van der Waals surface area contributed by atoms with Crippen LogP contribution >= 0.6 is 0 Å². The van der Waals surface area contributed by atoms with Crippen molar-refractivity contribution in [3.8, 4) is 0 Å². The van der Waals surface area contributed by atoms with Crippen molar-refractivity contribution in [1.29, 1.82) is 0 Å². The summed E-state index contributed by atoms with van der Waals surface area (Å²) in [6.07, 6.45) is 3.62. The molecule has 1 radical (unpaired) electrons. The SMILES string of the molecule is [O]CC1CCCCNC1. The molecule has 53 valence electrons. The third-order valence-corrected chi connectivity index (χ3v) is 1.88. The molecule has 1 aliphatic rings. The van der Waals surface area contributed by atoms with Crippen LogP contribution in [0.25, 0.3) is 0 Å².